The SMILES string of the molecule is O=C(O)C1CCC(NCC2=Cc3ccccc3OC2)CC1. The highest BCUT2D eigenvalue weighted by Gasteiger charge is 2.25. The zero-order valence-corrected chi connectivity index (χ0v) is 12.0. The van der Waals surface area contributed by atoms with Crippen molar-refractivity contribution in [3.63, 3.8) is 0 Å². The van der Waals surface area contributed by atoms with Crippen LogP contribution in [0.3, 0.4) is 0 Å². The molecule has 3 rings (SSSR count). The maximum absolute atomic E-state index is 10.9. The standard InChI is InChI=1S/C17H21NO3/c19-17(20)13-5-7-15(8-6-13)18-10-12-9-14-3-1-2-4-16(14)21-11-12/h1-4,9,13,15,18H,5-8,10-11H2,(H,19,20). The van der Waals surface area contributed by atoms with Crippen molar-refractivity contribution in [3.05, 3.63) is 35.4 Å². The molecule has 4 heteroatoms. The predicted octanol–water partition coefficient (Wildman–Crippen LogP) is 2.70. The van der Waals surface area contributed by atoms with E-state index in [1.165, 1.54) is 5.57 Å². The molecule has 1 aromatic carbocycles. The van der Waals surface area contributed by atoms with Crippen molar-refractivity contribution < 1.29 is 14.6 Å². The molecule has 21 heavy (non-hydrogen) atoms. The third kappa shape index (κ3) is 3.45. The Morgan fingerprint density at radius 2 is 2.00 bits per heavy atom. The summed E-state index contributed by atoms with van der Waals surface area (Å²) < 4.78 is 5.74. The van der Waals surface area contributed by atoms with Crippen LogP contribution in [0, 0.1) is 5.92 Å². The van der Waals surface area contributed by atoms with Gasteiger partial charge in [-0.05, 0) is 43.4 Å². The highest BCUT2D eigenvalue weighted by Crippen LogP contribution is 2.27. The number of carboxylic acid groups (broad SMARTS) is 1. The fraction of sp³-hybridized carbons (Fsp3) is 0.471. The van der Waals surface area contributed by atoms with Crippen LogP contribution in [0.2, 0.25) is 0 Å². The first-order valence-electron chi connectivity index (χ1n) is 7.60. The van der Waals surface area contributed by atoms with E-state index < -0.39 is 5.97 Å². The third-order valence-electron chi connectivity index (χ3n) is 4.39. The highest BCUT2D eigenvalue weighted by molar-refractivity contribution is 5.70. The fourth-order valence-corrected chi connectivity index (χ4v) is 3.09. The first kappa shape index (κ1) is 14.1. The van der Waals surface area contributed by atoms with Crippen molar-refractivity contribution in [1.29, 1.82) is 0 Å². The van der Waals surface area contributed by atoms with Gasteiger partial charge in [0.1, 0.15) is 12.4 Å². The summed E-state index contributed by atoms with van der Waals surface area (Å²) >= 11 is 0. The van der Waals surface area contributed by atoms with Gasteiger partial charge in [0.25, 0.3) is 0 Å². The van der Waals surface area contributed by atoms with Crippen LogP contribution in [0.5, 0.6) is 5.75 Å². The van der Waals surface area contributed by atoms with Crippen LogP contribution in [-0.4, -0.2) is 30.3 Å². The van der Waals surface area contributed by atoms with Crippen LogP contribution in [0.1, 0.15) is 31.2 Å². The Morgan fingerprint density at radius 3 is 2.76 bits per heavy atom. The molecule has 0 unspecified atom stereocenters. The van der Waals surface area contributed by atoms with Crippen molar-refractivity contribution in [1.82, 2.24) is 5.32 Å². The summed E-state index contributed by atoms with van der Waals surface area (Å²) in [7, 11) is 0. The zero-order chi connectivity index (χ0) is 14.7. The molecule has 112 valence electrons. The second kappa shape index (κ2) is 6.31. The number of carboxylic acids is 1. The lowest BCUT2D eigenvalue weighted by Gasteiger charge is -2.28. The Kier molecular flexibility index (Phi) is 4.25. The molecule has 0 aromatic heterocycles. The molecule has 4 nitrogen and oxygen atoms in total. The molecule has 2 aliphatic rings. The summed E-state index contributed by atoms with van der Waals surface area (Å²) in [5.41, 5.74) is 2.38. The minimum absolute atomic E-state index is 0.146. The molecule has 0 bridgehead atoms. The third-order valence-corrected chi connectivity index (χ3v) is 4.39. The molecule has 1 aliphatic carbocycles. The Hall–Kier alpha value is -1.81. The lowest BCUT2D eigenvalue weighted by molar-refractivity contribution is -0.142. The Balaban J connectivity index is 1.51. The lowest BCUT2D eigenvalue weighted by atomic mass is 9.86. The molecular weight excluding hydrogens is 266 g/mol. The van der Waals surface area contributed by atoms with Gasteiger partial charge in [0, 0.05) is 18.2 Å². The molecule has 0 spiro atoms. The fourth-order valence-electron chi connectivity index (χ4n) is 3.09. The summed E-state index contributed by atoms with van der Waals surface area (Å²) in [6, 6.07) is 8.48. The number of nitrogens with one attached hydrogen (secondary N) is 1. The van der Waals surface area contributed by atoms with Gasteiger partial charge in [0.05, 0.1) is 5.92 Å². The van der Waals surface area contributed by atoms with E-state index in [0.29, 0.717) is 12.6 Å². The molecule has 1 heterocycles. The molecular formula is C17H21NO3. The van der Waals surface area contributed by atoms with Gasteiger partial charge in [0.15, 0.2) is 0 Å². The minimum Gasteiger partial charge on any atom is -0.489 e. The normalized spacial score (nSPS) is 24.7. The van der Waals surface area contributed by atoms with E-state index in [0.717, 1.165) is 43.5 Å². The van der Waals surface area contributed by atoms with Crippen LogP contribution >= 0.6 is 0 Å². The van der Waals surface area contributed by atoms with Gasteiger partial charge in [0.2, 0.25) is 0 Å². The molecule has 0 saturated heterocycles. The van der Waals surface area contributed by atoms with Gasteiger partial charge in [-0.15, -0.1) is 0 Å². The van der Waals surface area contributed by atoms with Gasteiger partial charge >= 0.3 is 5.97 Å². The second-order valence-electron chi connectivity index (χ2n) is 5.90. The van der Waals surface area contributed by atoms with Crippen molar-refractivity contribution in [2.45, 2.75) is 31.7 Å². The van der Waals surface area contributed by atoms with E-state index in [-0.39, 0.29) is 5.92 Å². The Morgan fingerprint density at radius 1 is 1.24 bits per heavy atom. The molecule has 0 atom stereocenters. The topological polar surface area (TPSA) is 58.6 Å². The number of carbonyl (C=O) groups is 1. The number of rotatable bonds is 4. The van der Waals surface area contributed by atoms with Crippen LogP contribution in [0.4, 0.5) is 0 Å². The number of para-hydroxylation sites is 1. The number of hydrogen-bond acceptors (Lipinski definition) is 3. The number of hydrogen-bond donors (Lipinski definition) is 2. The van der Waals surface area contributed by atoms with E-state index in [4.69, 9.17) is 9.84 Å². The molecule has 1 fully saturated rings. The maximum atomic E-state index is 10.9. The first-order chi connectivity index (χ1) is 10.2. The van der Waals surface area contributed by atoms with Crippen LogP contribution in [-0.2, 0) is 4.79 Å². The van der Waals surface area contributed by atoms with E-state index in [2.05, 4.69) is 17.5 Å². The quantitative estimate of drug-likeness (QED) is 0.894. The molecule has 1 aliphatic heterocycles. The molecule has 1 aromatic rings. The number of ether oxygens (including phenoxy) is 1. The van der Waals surface area contributed by atoms with E-state index in [1.807, 2.05) is 18.2 Å². The van der Waals surface area contributed by atoms with Crippen molar-refractivity contribution in [2.75, 3.05) is 13.2 Å². The number of aliphatic carboxylic acids is 1. The smallest absolute Gasteiger partial charge is 0.306 e. The number of benzene rings is 1. The van der Waals surface area contributed by atoms with Crippen molar-refractivity contribution in [3.8, 4) is 5.75 Å². The summed E-state index contributed by atoms with van der Waals surface area (Å²) in [5.74, 6) is 0.156. The maximum Gasteiger partial charge on any atom is 0.306 e. The molecule has 1 saturated carbocycles. The average Bonchev–Trinajstić information content (AvgIpc) is 2.53. The van der Waals surface area contributed by atoms with Crippen LogP contribution in [0.15, 0.2) is 29.8 Å². The largest absolute Gasteiger partial charge is 0.489 e. The molecule has 2 N–H and O–H groups in total. The summed E-state index contributed by atoms with van der Waals surface area (Å²) in [5, 5.41) is 12.5. The van der Waals surface area contributed by atoms with E-state index in [1.54, 1.807) is 0 Å². The summed E-state index contributed by atoms with van der Waals surface area (Å²) in [4.78, 5) is 10.9. The van der Waals surface area contributed by atoms with Crippen LogP contribution < -0.4 is 10.1 Å². The van der Waals surface area contributed by atoms with Gasteiger partial charge in [-0.1, -0.05) is 18.2 Å². The van der Waals surface area contributed by atoms with Gasteiger partial charge < -0.3 is 15.2 Å². The van der Waals surface area contributed by atoms with E-state index >= 15 is 0 Å². The zero-order valence-electron chi connectivity index (χ0n) is 12.0. The van der Waals surface area contributed by atoms with Crippen molar-refractivity contribution in [2.24, 2.45) is 5.92 Å². The molecule has 0 radical (unpaired) electrons. The van der Waals surface area contributed by atoms with Gasteiger partial charge in [-0.25, -0.2) is 0 Å². The van der Waals surface area contributed by atoms with Gasteiger partial charge in [-0.2, -0.15) is 0 Å². The Labute approximate surface area is 124 Å². The predicted molar refractivity (Wildman–Crippen MR) is 81.3 cm³/mol. The molecule has 0 amide bonds. The van der Waals surface area contributed by atoms with E-state index in [9.17, 15) is 4.79 Å². The first-order valence-corrected chi connectivity index (χ1v) is 7.60. The summed E-state index contributed by atoms with van der Waals surface area (Å²) in [6.07, 6.45) is 5.65. The summed E-state index contributed by atoms with van der Waals surface area (Å²) in [6.45, 7) is 1.45. The average molecular weight is 287 g/mol. The van der Waals surface area contributed by atoms with Crippen LogP contribution in [0.25, 0.3) is 6.08 Å². The number of fused-ring (bicyclic) bond motifs is 1. The highest BCUT2D eigenvalue weighted by atomic mass is 16.5. The lowest BCUT2D eigenvalue weighted by Crippen LogP contribution is -2.36. The Bertz CT molecular complexity index is 545. The van der Waals surface area contributed by atoms with Crippen molar-refractivity contribution >= 4 is 12.0 Å². The van der Waals surface area contributed by atoms with Gasteiger partial charge in [-0.3, -0.25) is 4.79 Å². The second-order valence-corrected chi connectivity index (χ2v) is 5.90. The minimum atomic E-state index is -0.645. The monoisotopic (exact) mass is 287 g/mol.